The Hall–Kier alpha value is -2.09. The van der Waals surface area contributed by atoms with Crippen LogP contribution < -0.4 is 15.6 Å². The first-order valence-electron chi connectivity index (χ1n) is 11.8. The summed E-state index contributed by atoms with van der Waals surface area (Å²) in [5.41, 5.74) is 3.12. The van der Waals surface area contributed by atoms with E-state index >= 15 is 0 Å². The van der Waals surface area contributed by atoms with Crippen LogP contribution in [-0.4, -0.2) is 20.5 Å². The number of nitrogens with one attached hydrogen (secondary N) is 3. The van der Waals surface area contributed by atoms with Crippen LogP contribution in [0.2, 0.25) is 10.0 Å². The van der Waals surface area contributed by atoms with Crippen molar-refractivity contribution in [3.05, 3.63) is 91.8 Å². The SMILES string of the molecule is O=S(=O)(NC(Cc1ccc(Cl)c(Cl)c1)C1CC(c2cc(C(F)(F)F)cc(C(F)(F)F)c2)NN1)C1=CCCC=C1. The Morgan fingerprint density at radius 2 is 1.59 bits per heavy atom. The Bertz CT molecular complexity index is 1360. The molecule has 14 heteroatoms. The van der Waals surface area contributed by atoms with Crippen molar-refractivity contribution in [1.82, 2.24) is 15.6 Å². The van der Waals surface area contributed by atoms with Gasteiger partial charge < -0.3 is 0 Å². The second kappa shape index (κ2) is 11.4. The molecule has 0 bridgehead atoms. The zero-order chi connectivity index (χ0) is 28.6. The summed E-state index contributed by atoms with van der Waals surface area (Å²) in [4.78, 5) is 0.0723. The molecule has 0 saturated carbocycles. The maximum Gasteiger partial charge on any atom is 0.416 e. The van der Waals surface area contributed by atoms with Crippen LogP contribution >= 0.6 is 23.2 Å². The summed E-state index contributed by atoms with van der Waals surface area (Å²) >= 11 is 12.1. The molecule has 0 aromatic heterocycles. The molecular formula is C25H23Cl2F6N3O2S. The molecule has 0 radical (unpaired) electrons. The van der Waals surface area contributed by atoms with Crippen molar-refractivity contribution in [2.45, 2.75) is 56.2 Å². The molecular weight excluding hydrogens is 591 g/mol. The smallest absolute Gasteiger partial charge is 0.253 e. The minimum absolute atomic E-state index is 0.0119. The Labute approximate surface area is 231 Å². The quantitative estimate of drug-likeness (QED) is 0.304. The van der Waals surface area contributed by atoms with Gasteiger partial charge in [0.2, 0.25) is 10.0 Å². The first kappa shape index (κ1) is 29.9. The molecule has 0 spiro atoms. The predicted octanol–water partition coefficient (Wildman–Crippen LogP) is 6.70. The molecule has 0 amide bonds. The molecule has 3 atom stereocenters. The highest BCUT2D eigenvalue weighted by Crippen LogP contribution is 2.39. The predicted molar refractivity (Wildman–Crippen MR) is 136 cm³/mol. The normalized spacial score (nSPS) is 21.2. The third-order valence-corrected chi connectivity index (χ3v) is 8.72. The first-order chi connectivity index (χ1) is 18.1. The summed E-state index contributed by atoms with van der Waals surface area (Å²) < 4.78 is 109. The second-order valence-electron chi connectivity index (χ2n) is 9.29. The molecule has 3 N–H and O–H groups in total. The van der Waals surface area contributed by atoms with Crippen molar-refractivity contribution in [2.75, 3.05) is 0 Å². The lowest BCUT2D eigenvalue weighted by atomic mass is 9.93. The highest BCUT2D eigenvalue weighted by Gasteiger charge is 2.40. The minimum atomic E-state index is -4.99. The lowest BCUT2D eigenvalue weighted by molar-refractivity contribution is -0.143. The molecule has 5 nitrogen and oxygen atoms in total. The number of hydrogen-bond acceptors (Lipinski definition) is 4. The number of sulfonamides is 1. The fourth-order valence-corrected chi connectivity index (χ4v) is 6.20. The maximum atomic E-state index is 13.4. The molecule has 1 heterocycles. The second-order valence-corrected chi connectivity index (χ2v) is 11.8. The van der Waals surface area contributed by atoms with Gasteiger partial charge in [-0.2, -0.15) is 26.3 Å². The largest absolute Gasteiger partial charge is 0.416 e. The summed E-state index contributed by atoms with van der Waals surface area (Å²) in [5, 5.41) is 0.536. The van der Waals surface area contributed by atoms with Crippen molar-refractivity contribution in [2.24, 2.45) is 0 Å². The van der Waals surface area contributed by atoms with Crippen molar-refractivity contribution >= 4 is 33.2 Å². The lowest BCUT2D eigenvalue weighted by Crippen LogP contribution is -2.50. The van der Waals surface area contributed by atoms with E-state index in [1.165, 1.54) is 6.08 Å². The van der Waals surface area contributed by atoms with Gasteiger partial charge in [0.1, 0.15) is 0 Å². The zero-order valence-electron chi connectivity index (χ0n) is 20.0. The Balaban J connectivity index is 1.64. The van der Waals surface area contributed by atoms with E-state index in [0.717, 1.165) is 0 Å². The molecule has 2 aromatic rings. The highest BCUT2D eigenvalue weighted by molar-refractivity contribution is 7.93. The molecule has 2 aliphatic rings. The van der Waals surface area contributed by atoms with Crippen LogP contribution in [0, 0.1) is 0 Å². The standard InChI is InChI=1S/C25H23Cl2F6N3O2S/c26-19-7-6-14(8-20(19)27)9-23(36-39(37,38)18-4-2-1-3-5-18)22-13-21(34-35-22)15-10-16(24(28,29)30)12-17(11-15)25(31,32)33/h2,4-8,10-12,21-23,34-36H,1,3,9,13H2. The van der Waals surface area contributed by atoms with E-state index in [-0.39, 0.29) is 34.4 Å². The van der Waals surface area contributed by atoms with Gasteiger partial charge in [0.15, 0.2) is 0 Å². The molecule has 2 aromatic carbocycles. The lowest BCUT2D eigenvalue weighted by Gasteiger charge is -2.25. The summed E-state index contributed by atoms with van der Waals surface area (Å²) in [6.07, 6.45) is -3.89. The fourth-order valence-electron chi connectivity index (χ4n) is 4.49. The zero-order valence-corrected chi connectivity index (χ0v) is 22.3. The number of hydrazine groups is 1. The van der Waals surface area contributed by atoms with Crippen molar-refractivity contribution < 1.29 is 34.8 Å². The summed E-state index contributed by atoms with van der Waals surface area (Å²) in [5.74, 6) is 0. The van der Waals surface area contributed by atoms with E-state index in [1.54, 1.807) is 30.4 Å². The molecule has 1 saturated heterocycles. The van der Waals surface area contributed by atoms with E-state index in [9.17, 15) is 34.8 Å². The van der Waals surface area contributed by atoms with E-state index in [0.29, 0.717) is 35.6 Å². The number of hydrogen-bond donors (Lipinski definition) is 3. The molecule has 212 valence electrons. The average molecular weight is 614 g/mol. The fraction of sp³-hybridized carbons (Fsp3) is 0.360. The van der Waals surface area contributed by atoms with Gasteiger partial charge in [-0.05, 0) is 73.2 Å². The van der Waals surface area contributed by atoms with E-state index in [4.69, 9.17) is 23.2 Å². The van der Waals surface area contributed by atoms with E-state index in [2.05, 4.69) is 15.6 Å². The first-order valence-corrected chi connectivity index (χ1v) is 14.0. The Morgan fingerprint density at radius 1 is 0.923 bits per heavy atom. The van der Waals surface area contributed by atoms with Gasteiger partial charge in [0.25, 0.3) is 0 Å². The topological polar surface area (TPSA) is 70.2 Å². The molecule has 1 aliphatic carbocycles. The number of benzene rings is 2. The van der Waals surface area contributed by atoms with Crippen molar-refractivity contribution in [3.8, 4) is 0 Å². The molecule has 1 aliphatic heterocycles. The van der Waals surface area contributed by atoms with Gasteiger partial charge in [-0.3, -0.25) is 5.43 Å². The molecule has 4 rings (SSSR count). The minimum Gasteiger partial charge on any atom is -0.253 e. The van der Waals surface area contributed by atoms with Gasteiger partial charge in [-0.15, -0.1) is 0 Å². The van der Waals surface area contributed by atoms with Gasteiger partial charge in [-0.25, -0.2) is 18.6 Å². The molecule has 1 fully saturated rings. The number of alkyl halides is 6. The Morgan fingerprint density at radius 3 is 2.15 bits per heavy atom. The third-order valence-electron chi connectivity index (χ3n) is 6.45. The van der Waals surface area contributed by atoms with Gasteiger partial charge in [-0.1, -0.05) is 41.4 Å². The van der Waals surface area contributed by atoms with Crippen LogP contribution in [-0.2, 0) is 28.8 Å². The number of halogens is 8. The van der Waals surface area contributed by atoms with Crippen molar-refractivity contribution in [1.29, 1.82) is 0 Å². The van der Waals surface area contributed by atoms with Crippen LogP contribution in [0.15, 0.2) is 59.5 Å². The van der Waals surface area contributed by atoms with Crippen LogP contribution in [0.3, 0.4) is 0 Å². The summed E-state index contributed by atoms with van der Waals surface area (Å²) in [6.45, 7) is 0. The van der Waals surface area contributed by atoms with Crippen molar-refractivity contribution in [3.63, 3.8) is 0 Å². The summed E-state index contributed by atoms with van der Waals surface area (Å²) in [7, 11) is -3.99. The van der Waals surface area contributed by atoms with E-state index < -0.39 is 51.6 Å². The van der Waals surface area contributed by atoms with Crippen LogP contribution in [0.5, 0.6) is 0 Å². The number of rotatable bonds is 7. The maximum absolute atomic E-state index is 13.4. The van der Waals surface area contributed by atoms with Gasteiger partial charge in [0.05, 0.1) is 26.1 Å². The van der Waals surface area contributed by atoms with Crippen LogP contribution in [0.1, 0.15) is 47.6 Å². The molecule has 3 unspecified atom stereocenters. The van der Waals surface area contributed by atoms with Crippen LogP contribution in [0.25, 0.3) is 0 Å². The number of allylic oxidation sites excluding steroid dienone is 3. The third kappa shape index (κ3) is 7.36. The van der Waals surface area contributed by atoms with Gasteiger partial charge >= 0.3 is 12.4 Å². The average Bonchev–Trinajstić information content (AvgIpc) is 3.35. The monoisotopic (exact) mass is 613 g/mol. The van der Waals surface area contributed by atoms with Crippen LogP contribution in [0.4, 0.5) is 26.3 Å². The highest BCUT2D eigenvalue weighted by atomic mass is 35.5. The Kier molecular flexibility index (Phi) is 8.75. The summed E-state index contributed by atoms with van der Waals surface area (Å²) in [6, 6.07) is 3.61. The van der Waals surface area contributed by atoms with E-state index in [1.807, 2.05) is 0 Å². The molecule has 39 heavy (non-hydrogen) atoms. The van der Waals surface area contributed by atoms with Gasteiger partial charge in [0, 0.05) is 18.1 Å².